The third-order valence-corrected chi connectivity index (χ3v) is 5.49. The van der Waals surface area contributed by atoms with Gasteiger partial charge in [-0.15, -0.1) is 11.3 Å². The molecule has 1 N–H and O–H groups in total. The molecule has 1 amide bonds. The van der Waals surface area contributed by atoms with Crippen LogP contribution < -0.4 is 5.32 Å². The second kappa shape index (κ2) is 8.28. The SMILES string of the molecule is CN[C@H](Cc1ccc2ccccc2c1)C(=O)N(C)CCc1cccs1. The van der Waals surface area contributed by atoms with Crippen LogP contribution >= 0.6 is 11.3 Å². The van der Waals surface area contributed by atoms with Crippen molar-refractivity contribution in [3.05, 3.63) is 70.4 Å². The predicted octanol–water partition coefficient (Wildman–Crippen LogP) is 3.73. The van der Waals surface area contributed by atoms with Crippen molar-refractivity contribution in [2.75, 3.05) is 20.6 Å². The van der Waals surface area contributed by atoms with Gasteiger partial charge in [0.2, 0.25) is 5.91 Å². The third-order valence-electron chi connectivity index (χ3n) is 4.55. The number of thiophene rings is 1. The van der Waals surface area contributed by atoms with E-state index in [2.05, 4.69) is 53.2 Å². The van der Waals surface area contributed by atoms with E-state index >= 15 is 0 Å². The van der Waals surface area contributed by atoms with E-state index in [1.54, 1.807) is 11.3 Å². The molecule has 0 saturated carbocycles. The van der Waals surface area contributed by atoms with E-state index in [1.807, 2.05) is 31.1 Å². The van der Waals surface area contributed by atoms with Crippen molar-refractivity contribution in [1.29, 1.82) is 0 Å². The van der Waals surface area contributed by atoms with Gasteiger partial charge in [-0.3, -0.25) is 4.79 Å². The largest absolute Gasteiger partial charge is 0.344 e. The van der Waals surface area contributed by atoms with E-state index in [-0.39, 0.29) is 11.9 Å². The van der Waals surface area contributed by atoms with Gasteiger partial charge >= 0.3 is 0 Å². The van der Waals surface area contributed by atoms with Crippen LogP contribution in [0.25, 0.3) is 10.8 Å². The second-order valence-corrected chi connectivity index (χ2v) is 7.35. The van der Waals surface area contributed by atoms with Crippen LogP contribution in [-0.4, -0.2) is 37.5 Å². The van der Waals surface area contributed by atoms with Crippen LogP contribution in [0.15, 0.2) is 60.0 Å². The van der Waals surface area contributed by atoms with Crippen molar-refractivity contribution in [2.24, 2.45) is 0 Å². The van der Waals surface area contributed by atoms with Crippen LogP contribution in [0.3, 0.4) is 0 Å². The highest BCUT2D eigenvalue weighted by molar-refractivity contribution is 7.09. The molecule has 3 aromatic rings. The average Bonchev–Trinajstić information content (AvgIpc) is 3.17. The number of carbonyl (C=O) groups is 1. The standard InChI is InChI=1S/C21H24N2OS/c1-22-20(21(24)23(2)12-11-19-8-5-13-25-19)15-16-9-10-17-6-3-4-7-18(17)14-16/h3-10,13-14,20,22H,11-12,15H2,1-2H3/t20-/m1/s1. The number of fused-ring (bicyclic) bond motifs is 1. The molecule has 0 radical (unpaired) electrons. The molecule has 0 aliphatic carbocycles. The number of carbonyl (C=O) groups excluding carboxylic acids is 1. The zero-order chi connectivity index (χ0) is 17.6. The summed E-state index contributed by atoms with van der Waals surface area (Å²) in [4.78, 5) is 15.9. The van der Waals surface area contributed by atoms with Crippen LogP contribution in [0.2, 0.25) is 0 Å². The van der Waals surface area contributed by atoms with Crippen molar-refractivity contribution in [3.63, 3.8) is 0 Å². The summed E-state index contributed by atoms with van der Waals surface area (Å²) in [7, 11) is 3.75. The number of benzene rings is 2. The van der Waals surface area contributed by atoms with Gasteiger partial charge in [-0.25, -0.2) is 0 Å². The molecule has 1 aromatic heterocycles. The number of likely N-dealkylation sites (N-methyl/N-ethyl adjacent to an activating group) is 2. The van der Waals surface area contributed by atoms with Crippen molar-refractivity contribution < 1.29 is 4.79 Å². The molecule has 130 valence electrons. The Bertz CT molecular complexity index is 829. The van der Waals surface area contributed by atoms with Gasteiger partial charge in [0.1, 0.15) is 0 Å². The van der Waals surface area contributed by atoms with E-state index in [9.17, 15) is 4.79 Å². The Morgan fingerprint density at radius 2 is 1.92 bits per heavy atom. The van der Waals surface area contributed by atoms with Gasteiger partial charge in [-0.1, -0.05) is 48.5 Å². The van der Waals surface area contributed by atoms with Gasteiger partial charge in [-0.05, 0) is 47.7 Å². The highest BCUT2D eigenvalue weighted by Gasteiger charge is 2.20. The first-order chi connectivity index (χ1) is 12.2. The molecule has 0 spiro atoms. The Morgan fingerprint density at radius 1 is 1.12 bits per heavy atom. The minimum absolute atomic E-state index is 0.146. The van der Waals surface area contributed by atoms with Gasteiger partial charge in [0.05, 0.1) is 6.04 Å². The van der Waals surface area contributed by atoms with Crippen LogP contribution in [0.5, 0.6) is 0 Å². The van der Waals surface area contributed by atoms with Crippen molar-refractivity contribution in [2.45, 2.75) is 18.9 Å². The van der Waals surface area contributed by atoms with Crippen molar-refractivity contribution in [1.82, 2.24) is 10.2 Å². The van der Waals surface area contributed by atoms with Crippen molar-refractivity contribution in [3.8, 4) is 0 Å². The van der Waals surface area contributed by atoms with Gasteiger partial charge < -0.3 is 10.2 Å². The molecule has 0 bridgehead atoms. The lowest BCUT2D eigenvalue weighted by molar-refractivity contribution is -0.131. The molecule has 4 heteroatoms. The lowest BCUT2D eigenvalue weighted by Gasteiger charge is -2.23. The van der Waals surface area contributed by atoms with E-state index < -0.39 is 0 Å². The Hall–Kier alpha value is -2.17. The monoisotopic (exact) mass is 352 g/mol. The fraction of sp³-hybridized carbons (Fsp3) is 0.286. The Kier molecular flexibility index (Phi) is 5.84. The van der Waals surface area contributed by atoms with E-state index in [4.69, 9.17) is 0 Å². The van der Waals surface area contributed by atoms with Gasteiger partial charge in [0.25, 0.3) is 0 Å². The number of nitrogens with zero attached hydrogens (tertiary/aromatic N) is 1. The predicted molar refractivity (Wildman–Crippen MR) is 106 cm³/mol. The summed E-state index contributed by atoms with van der Waals surface area (Å²) < 4.78 is 0. The van der Waals surface area contributed by atoms with Crippen LogP contribution in [0.4, 0.5) is 0 Å². The molecular weight excluding hydrogens is 328 g/mol. The second-order valence-electron chi connectivity index (χ2n) is 6.32. The molecule has 2 aromatic carbocycles. The number of nitrogens with one attached hydrogen (secondary N) is 1. The van der Waals surface area contributed by atoms with E-state index in [0.29, 0.717) is 6.42 Å². The zero-order valence-corrected chi connectivity index (χ0v) is 15.6. The maximum Gasteiger partial charge on any atom is 0.239 e. The smallest absolute Gasteiger partial charge is 0.239 e. The molecule has 25 heavy (non-hydrogen) atoms. The minimum atomic E-state index is -0.200. The molecule has 3 nitrogen and oxygen atoms in total. The summed E-state index contributed by atoms with van der Waals surface area (Å²) in [6, 6.07) is 18.7. The van der Waals surface area contributed by atoms with Crippen molar-refractivity contribution >= 4 is 28.0 Å². The number of rotatable bonds is 7. The summed E-state index contributed by atoms with van der Waals surface area (Å²) in [6.07, 6.45) is 1.61. The summed E-state index contributed by atoms with van der Waals surface area (Å²) in [5, 5.41) is 7.70. The Balaban J connectivity index is 1.64. The molecule has 0 aliphatic rings. The summed E-state index contributed by atoms with van der Waals surface area (Å²) >= 11 is 1.74. The zero-order valence-electron chi connectivity index (χ0n) is 14.7. The first kappa shape index (κ1) is 17.6. The van der Waals surface area contributed by atoms with Crippen LogP contribution in [0, 0.1) is 0 Å². The average molecular weight is 353 g/mol. The molecule has 3 rings (SSSR count). The van der Waals surface area contributed by atoms with Crippen LogP contribution in [-0.2, 0) is 17.6 Å². The molecule has 0 saturated heterocycles. The Morgan fingerprint density at radius 3 is 2.64 bits per heavy atom. The maximum absolute atomic E-state index is 12.8. The fourth-order valence-corrected chi connectivity index (χ4v) is 3.72. The van der Waals surface area contributed by atoms with E-state index in [1.165, 1.54) is 21.2 Å². The molecule has 1 atom stereocenters. The van der Waals surface area contributed by atoms with Gasteiger partial charge in [-0.2, -0.15) is 0 Å². The Labute approximate surface area is 153 Å². The van der Waals surface area contributed by atoms with E-state index in [0.717, 1.165) is 13.0 Å². The van der Waals surface area contributed by atoms with Gasteiger partial charge in [0.15, 0.2) is 0 Å². The normalized spacial score (nSPS) is 12.2. The van der Waals surface area contributed by atoms with Gasteiger partial charge in [0, 0.05) is 18.5 Å². The third kappa shape index (κ3) is 4.47. The quantitative estimate of drug-likeness (QED) is 0.703. The summed E-state index contributed by atoms with van der Waals surface area (Å²) in [5.41, 5.74) is 1.18. The fourth-order valence-electron chi connectivity index (χ4n) is 3.02. The number of hydrogen-bond acceptors (Lipinski definition) is 3. The minimum Gasteiger partial charge on any atom is -0.344 e. The lowest BCUT2D eigenvalue weighted by atomic mass is 10.0. The lowest BCUT2D eigenvalue weighted by Crippen LogP contribution is -2.45. The first-order valence-electron chi connectivity index (χ1n) is 8.59. The summed E-state index contributed by atoms with van der Waals surface area (Å²) in [5.74, 6) is 0.146. The first-order valence-corrected chi connectivity index (χ1v) is 9.47. The number of hydrogen-bond donors (Lipinski definition) is 1. The molecule has 1 heterocycles. The highest BCUT2D eigenvalue weighted by atomic mass is 32.1. The molecule has 0 aliphatic heterocycles. The topological polar surface area (TPSA) is 32.3 Å². The highest BCUT2D eigenvalue weighted by Crippen LogP contribution is 2.17. The number of amides is 1. The van der Waals surface area contributed by atoms with Crippen LogP contribution in [0.1, 0.15) is 10.4 Å². The molecule has 0 fully saturated rings. The maximum atomic E-state index is 12.8. The molecule has 0 unspecified atom stereocenters. The summed E-state index contributed by atoms with van der Waals surface area (Å²) in [6.45, 7) is 0.745. The molecular formula is C21H24N2OS.